The summed E-state index contributed by atoms with van der Waals surface area (Å²) >= 11 is 0. The summed E-state index contributed by atoms with van der Waals surface area (Å²) in [7, 11) is 0. The molecule has 0 aromatic carbocycles. The van der Waals surface area contributed by atoms with Crippen LogP contribution in [0.4, 0.5) is 4.39 Å². The van der Waals surface area contributed by atoms with Gasteiger partial charge in [0.1, 0.15) is 0 Å². The largest absolute Gasteiger partial charge is 0.316 e. The van der Waals surface area contributed by atoms with Gasteiger partial charge in [-0.1, -0.05) is 0 Å². The van der Waals surface area contributed by atoms with E-state index in [0.29, 0.717) is 5.92 Å². The summed E-state index contributed by atoms with van der Waals surface area (Å²) in [6.45, 7) is 1.92. The summed E-state index contributed by atoms with van der Waals surface area (Å²) in [6.07, 6.45) is 0.757. The first kappa shape index (κ1) is 5.04. The molecule has 0 atom stereocenters. The van der Waals surface area contributed by atoms with Crippen molar-refractivity contribution in [2.75, 3.05) is 19.8 Å². The maximum atomic E-state index is 11.4. The van der Waals surface area contributed by atoms with Crippen LogP contribution >= 0.6 is 0 Å². The maximum absolute atomic E-state index is 11.4. The molecule has 1 saturated heterocycles. The molecule has 0 aromatic rings. The molecular weight excluding hydrogens is 93.1 g/mol. The Bertz CT molecular complexity index is 52.0. The maximum Gasteiger partial charge on any atom is 0.0898 e. The van der Waals surface area contributed by atoms with E-state index in [9.17, 15) is 4.39 Å². The zero-order valence-electron chi connectivity index (χ0n) is 4.28. The van der Waals surface area contributed by atoms with Gasteiger partial charge in [-0.05, 0) is 25.4 Å². The average Bonchev–Trinajstić information content (AvgIpc) is 1.55. The molecule has 1 N–H and O–H groups in total. The lowest BCUT2D eigenvalue weighted by molar-refractivity contribution is 0.292. The summed E-state index contributed by atoms with van der Waals surface area (Å²) < 4.78 is 11.4. The minimum atomic E-state index is -0.146. The number of alkyl halides is 1. The second-order valence-electron chi connectivity index (χ2n) is 2.00. The molecule has 0 bridgehead atoms. The molecule has 0 saturated carbocycles. The Morgan fingerprint density at radius 1 is 1.57 bits per heavy atom. The zero-order valence-corrected chi connectivity index (χ0v) is 4.28. The minimum Gasteiger partial charge on any atom is -0.316 e. The quantitative estimate of drug-likeness (QED) is 0.538. The van der Waals surface area contributed by atoms with Crippen LogP contribution in [0, 0.1) is 5.92 Å². The number of halogens is 1. The number of nitrogens with one attached hydrogen (secondary N) is 1. The van der Waals surface area contributed by atoms with Crippen LogP contribution in [-0.4, -0.2) is 19.8 Å². The van der Waals surface area contributed by atoms with Crippen LogP contribution in [0.5, 0.6) is 0 Å². The van der Waals surface area contributed by atoms with E-state index in [1.807, 2.05) is 0 Å². The van der Waals surface area contributed by atoms with Gasteiger partial charge in [0.05, 0.1) is 6.67 Å². The highest BCUT2D eigenvalue weighted by Crippen LogP contribution is 2.06. The highest BCUT2D eigenvalue weighted by molar-refractivity contribution is 4.73. The lowest BCUT2D eigenvalue weighted by Crippen LogP contribution is -2.42. The Hall–Kier alpha value is -0.110. The molecule has 1 fully saturated rings. The topological polar surface area (TPSA) is 12.0 Å². The summed E-state index contributed by atoms with van der Waals surface area (Å²) in [5.74, 6) is 0.644. The molecule has 0 aliphatic carbocycles. The Balaban J connectivity index is 1.93. The molecular formula is C5H10FN. The smallest absolute Gasteiger partial charge is 0.0898 e. The standard InChI is InChI=1S/C5H10FN/c6-2-1-5-3-7-4-5/h5,7H,1-4H2. The van der Waals surface area contributed by atoms with Crippen LogP contribution in [0.3, 0.4) is 0 Å². The van der Waals surface area contributed by atoms with Gasteiger partial charge in [0.2, 0.25) is 0 Å². The van der Waals surface area contributed by atoms with Crippen LogP contribution < -0.4 is 5.32 Å². The van der Waals surface area contributed by atoms with Crippen LogP contribution in [0.2, 0.25) is 0 Å². The molecule has 1 aliphatic rings. The van der Waals surface area contributed by atoms with Crippen molar-refractivity contribution in [2.24, 2.45) is 5.92 Å². The van der Waals surface area contributed by atoms with Gasteiger partial charge in [0, 0.05) is 0 Å². The van der Waals surface area contributed by atoms with Crippen molar-refractivity contribution in [3.63, 3.8) is 0 Å². The van der Waals surface area contributed by atoms with E-state index in [4.69, 9.17) is 0 Å². The van der Waals surface area contributed by atoms with Crippen LogP contribution in [0.15, 0.2) is 0 Å². The Kier molecular flexibility index (Phi) is 1.63. The van der Waals surface area contributed by atoms with Crippen LogP contribution in [0.1, 0.15) is 6.42 Å². The lowest BCUT2D eigenvalue weighted by atomic mass is 10.0. The van der Waals surface area contributed by atoms with Gasteiger partial charge in [0.25, 0.3) is 0 Å². The van der Waals surface area contributed by atoms with Gasteiger partial charge >= 0.3 is 0 Å². The number of rotatable bonds is 2. The molecule has 2 heteroatoms. The lowest BCUT2D eigenvalue weighted by Gasteiger charge is -2.25. The summed E-state index contributed by atoms with van der Waals surface area (Å²) in [5, 5.41) is 3.08. The molecule has 0 radical (unpaired) electrons. The normalized spacial score (nSPS) is 21.9. The van der Waals surface area contributed by atoms with Gasteiger partial charge in [0.15, 0.2) is 0 Å². The molecule has 1 heterocycles. The van der Waals surface area contributed by atoms with E-state index in [1.165, 1.54) is 0 Å². The third-order valence-electron chi connectivity index (χ3n) is 1.38. The molecule has 0 amide bonds. The van der Waals surface area contributed by atoms with Crippen molar-refractivity contribution in [3.05, 3.63) is 0 Å². The fourth-order valence-electron chi connectivity index (χ4n) is 0.707. The third kappa shape index (κ3) is 1.13. The molecule has 0 spiro atoms. The second kappa shape index (κ2) is 2.26. The highest BCUT2D eigenvalue weighted by atomic mass is 19.1. The zero-order chi connectivity index (χ0) is 5.11. The van der Waals surface area contributed by atoms with Crippen molar-refractivity contribution >= 4 is 0 Å². The Morgan fingerprint density at radius 2 is 2.29 bits per heavy atom. The van der Waals surface area contributed by atoms with E-state index < -0.39 is 0 Å². The van der Waals surface area contributed by atoms with Crippen molar-refractivity contribution < 1.29 is 4.39 Å². The average molecular weight is 103 g/mol. The molecule has 7 heavy (non-hydrogen) atoms. The molecule has 0 unspecified atom stereocenters. The van der Waals surface area contributed by atoms with Gasteiger partial charge in [-0.25, -0.2) is 0 Å². The SMILES string of the molecule is FCCC1CNC1. The van der Waals surface area contributed by atoms with Crippen LogP contribution in [0.25, 0.3) is 0 Å². The Morgan fingerprint density at radius 3 is 2.43 bits per heavy atom. The van der Waals surface area contributed by atoms with Gasteiger partial charge in [-0.2, -0.15) is 0 Å². The van der Waals surface area contributed by atoms with Crippen molar-refractivity contribution in [3.8, 4) is 0 Å². The fourth-order valence-corrected chi connectivity index (χ4v) is 0.707. The number of hydrogen-bond acceptors (Lipinski definition) is 1. The monoisotopic (exact) mass is 103 g/mol. The Labute approximate surface area is 42.9 Å². The molecule has 42 valence electrons. The van der Waals surface area contributed by atoms with Gasteiger partial charge < -0.3 is 5.32 Å². The molecule has 1 nitrogen and oxygen atoms in total. The predicted octanol–water partition coefficient (Wildman–Crippen LogP) is 0.565. The van der Waals surface area contributed by atoms with E-state index >= 15 is 0 Å². The van der Waals surface area contributed by atoms with Crippen molar-refractivity contribution in [2.45, 2.75) is 6.42 Å². The van der Waals surface area contributed by atoms with Crippen molar-refractivity contribution in [1.82, 2.24) is 5.32 Å². The second-order valence-corrected chi connectivity index (χ2v) is 2.00. The van der Waals surface area contributed by atoms with E-state index in [0.717, 1.165) is 19.5 Å². The molecule has 0 aromatic heterocycles. The predicted molar refractivity (Wildman–Crippen MR) is 27.0 cm³/mol. The first-order chi connectivity index (χ1) is 3.43. The van der Waals surface area contributed by atoms with Gasteiger partial charge in [-0.15, -0.1) is 0 Å². The molecule has 1 rings (SSSR count). The van der Waals surface area contributed by atoms with E-state index in [1.54, 1.807) is 0 Å². The van der Waals surface area contributed by atoms with Gasteiger partial charge in [-0.3, -0.25) is 4.39 Å². The minimum absolute atomic E-state index is 0.146. The van der Waals surface area contributed by atoms with E-state index in [2.05, 4.69) is 5.32 Å². The third-order valence-corrected chi connectivity index (χ3v) is 1.38. The van der Waals surface area contributed by atoms with Crippen LogP contribution in [-0.2, 0) is 0 Å². The molecule has 1 aliphatic heterocycles. The highest BCUT2D eigenvalue weighted by Gasteiger charge is 2.14. The first-order valence-electron chi connectivity index (χ1n) is 2.70. The fraction of sp³-hybridized carbons (Fsp3) is 1.00. The summed E-state index contributed by atoms with van der Waals surface area (Å²) in [5.41, 5.74) is 0. The van der Waals surface area contributed by atoms with E-state index in [-0.39, 0.29) is 6.67 Å². The first-order valence-corrected chi connectivity index (χ1v) is 2.70. The summed E-state index contributed by atoms with van der Waals surface area (Å²) in [6, 6.07) is 0. The van der Waals surface area contributed by atoms with Crippen molar-refractivity contribution in [1.29, 1.82) is 0 Å². The number of hydrogen-bond donors (Lipinski definition) is 1. The summed E-state index contributed by atoms with van der Waals surface area (Å²) in [4.78, 5) is 0.